The fourth-order valence-electron chi connectivity index (χ4n) is 1.32. The van der Waals surface area contributed by atoms with Gasteiger partial charge in [-0.05, 0) is 18.2 Å². The fourth-order valence-corrected chi connectivity index (χ4v) is 2.83. The lowest BCUT2D eigenvalue weighted by Crippen LogP contribution is -2.13. The summed E-state index contributed by atoms with van der Waals surface area (Å²) in [5.41, 5.74) is 0.0809. The molecule has 1 aromatic heterocycles. The molecule has 1 heterocycles. The summed E-state index contributed by atoms with van der Waals surface area (Å²) in [5, 5.41) is 9.58. The van der Waals surface area contributed by atoms with Crippen molar-refractivity contribution >= 4 is 27.3 Å². The number of halogens is 1. The van der Waals surface area contributed by atoms with Crippen LogP contribution in [0.15, 0.2) is 47.6 Å². The standard InChI is InChI=1S/C11H9ClN2O3S/c12-8-5-6-13-7-11(8)18(16,17)14-9-3-1-2-4-10(9)15/h1-7,14-15H. The second-order valence-electron chi connectivity index (χ2n) is 3.43. The first-order chi connectivity index (χ1) is 8.50. The Hall–Kier alpha value is -1.79. The summed E-state index contributed by atoms with van der Waals surface area (Å²) in [6.45, 7) is 0. The molecule has 2 N–H and O–H groups in total. The average Bonchev–Trinajstić information content (AvgIpc) is 2.32. The molecule has 0 amide bonds. The topological polar surface area (TPSA) is 79.3 Å². The quantitative estimate of drug-likeness (QED) is 0.847. The Morgan fingerprint density at radius 2 is 1.94 bits per heavy atom. The van der Waals surface area contributed by atoms with E-state index in [9.17, 15) is 13.5 Å². The molecule has 5 nitrogen and oxygen atoms in total. The zero-order valence-electron chi connectivity index (χ0n) is 9.04. The number of anilines is 1. The number of aromatic hydroxyl groups is 1. The number of hydrogen-bond donors (Lipinski definition) is 2. The number of sulfonamides is 1. The predicted octanol–water partition coefficient (Wildman–Crippen LogP) is 2.24. The minimum absolute atomic E-state index is 0.0629. The van der Waals surface area contributed by atoms with Crippen LogP contribution < -0.4 is 4.72 Å². The number of phenols is 1. The molecular formula is C11H9ClN2O3S. The van der Waals surface area contributed by atoms with Gasteiger partial charge in [-0.1, -0.05) is 23.7 Å². The number of benzene rings is 1. The summed E-state index contributed by atoms with van der Waals surface area (Å²) < 4.78 is 26.3. The van der Waals surface area contributed by atoms with E-state index >= 15 is 0 Å². The van der Waals surface area contributed by atoms with E-state index < -0.39 is 10.0 Å². The first-order valence-electron chi connectivity index (χ1n) is 4.91. The van der Waals surface area contributed by atoms with E-state index in [2.05, 4.69) is 9.71 Å². The van der Waals surface area contributed by atoms with Gasteiger partial charge in [-0.15, -0.1) is 0 Å². The molecule has 0 aliphatic rings. The third kappa shape index (κ3) is 2.55. The maximum Gasteiger partial charge on any atom is 0.265 e. The highest BCUT2D eigenvalue weighted by Gasteiger charge is 2.19. The van der Waals surface area contributed by atoms with E-state index in [1.807, 2.05) is 0 Å². The van der Waals surface area contributed by atoms with Crippen LogP contribution >= 0.6 is 11.6 Å². The van der Waals surface area contributed by atoms with Crippen molar-refractivity contribution in [3.8, 4) is 5.75 Å². The van der Waals surface area contributed by atoms with E-state index in [1.165, 1.54) is 24.4 Å². The largest absolute Gasteiger partial charge is 0.506 e. The normalized spacial score (nSPS) is 11.2. The lowest BCUT2D eigenvalue weighted by Gasteiger charge is -2.09. The molecule has 1 aromatic carbocycles. The second-order valence-corrected chi connectivity index (χ2v) is 5.49. The van der Waals surface area contributed by atoms with Crippen LogP contribution in [0.3, 0.4) is 0 Å². The van der Waals surface area contributed by atoms with Crippen LogP contribution in [0.5, 0.6) is 5.75 Å². The van der Waals surface area contributed by atoms with Crippen LogP contribution in [-0.4, -0.2) is 18.5 Å². The summed E-state index contributed by atoms with van der Waals surface area (Å²) in [6, 6.07) is 7.38. The minimum Gasteiger partial charge on any atom is -0.506 e. The van der Waals surface area contributed by atoms with Gasteiger partial charge in [0.05, 0.1) is 10.7 Å². The number of hydrogen-bond acceptors (Lipinski definition) is 4. The number of aromatic nitrogens is 1. The van der Waals surface area contributed by atoms with E-state index in [1.54, 1.807) is 12.1 Å². The minimum atomic E-state index is -3.87. The first-order valence-corrected chi connectivity index (χ1v) is 6.77. The molecule has 0 saturated heterocycles. The Morgan fingerprint density at radius 1 is 1.22 bits per heavy atom. The smallest absolute Gasteiger partial charge is 0.265 e. The highest BCUT2D eigenvalue weighted by Crippen LogP contribution is 2.27. The highest BCUT2D eigenvalue weighted by molar-refractivity contribution is 7.92. The fraction of sp³-hybridized carbons (Fsp3) is 0. The van der Waals surface area contributed by atoms with Gasteiger partial charge in [0.15, 0.2) is 0 Å². The van der Waals surface area contributed by atoms with Crippen LogP contribution in [0, 0.1) is 0 Å². The van der Waals surface area contributed by atoms with Crippen molar-refractivity contribution in [1.82, 2.24) is 4.98 Å². The first kappa shape index (κ1) is 12.7. The van der Waals surface area contributed by atoms with E-state index in [-0.39, 0.29) is 21.4 Å². The van der Waals surface area contributed by atoms with Gasteiger partial charge in [-0.3, -0.25) is 9.71 Å². The molecule has 2 rings (SSSR count). The Bertz CT molecular complexity index is 673. The van der Waals surface area contributed by atoms with Gasteiger partial charge in [0, 0.05) is 12.4 Å². The lowest BCUT2D eigenvalue weighted by molar-refractivity contribution is 0.477. The summed E-state index contributed by atoms with van der Waals surface area (Å²) in [7, 11) is -3.87. The predicted molar refractivity (Wildman–Crippen MR) is 68.2 cm³/mol. The van der Waals surface area contributed by atoms with E-state index in [0.717, 1.165) is 6.20 Å². The zero-order chi connectivity index (χ0) is 13.2. The summed E-state index contributed by atoms with van der Waals surface area (Å²) in [5.74, 6) is -0.166. The number of nitrogens with zero attached hydrogens (tertiary/aromatic N) is 1. The van der Waals surface area contributed by atoms with E-state index in [0.29, 0.717) is 0 Å². The van der Waals surface area contributed by atoms with Crippen LogP contribution in [0.1, 0.15) is 0 Å². The van der Waals surface area contributed by atoms with Crippen molar-refractivity contribution in [3.63, 3.8) is 0 Å². The van der Waals surface area contributed by atoms with Crippen LogP contribution in [0.2, 0.25) is 5.02 Å². The SMILES string of the molecule is O=S(=O)(Nc1ccccc1O)c1cnccc1Cl. The third-order valence-corrected chi connectivity index (χ3v) is 4.01. The molecule has 7 heteroatoms. The van der Waals surface area contributed by atoms with Crippen molar-refractivity contribution < 1.29 is 13.5 Å². The van der Waals surface area contributed by atoms with Gasteiger partial charge < -0.3 is 5.11 Å². The number of phenolic OH excluding ortho intramolecular Hbond substituents is 1. The Morgan fingerprint density at radius 3 is 2.61 bits per heavy atom. The molecule has 94 valence electrons. The van der Waals surface area contributed by atoms with Crippen molar-refractivity contribution in [2.45, 2.75) is 4.90 Å². The molecule has 0 radical (unpaired) electrons. The molecule has 0 fully saturated rings. The molecule has 0 aliphatic carbocycles. The Labute approximate surface area is 109 Å². The van der Waals surface area contributed by atoms with Gasteiger partial charge in [0.1, 0.15) is 10.6 Å². The number of rotatable bonds is 3. The van der Waals surface area contributed by atoms with Gasteiger partial charge in [0.25, 0.3) is 10.0 Å². The van der Waals surface area contributed by atoms with Gasteiger partial charge >= 0.3 is 0 Å². The second kappa shape index (κ2) is 4.83. The van der Waals surface area contributed by atoms with Gasteiger partial charge in [-0.25, -0.2) is 8.42 Å². The maximum atomic E-state index is 12.0. The monoisotopic (exact) mass is 284 g/mol. The Kier molecular flexibility index (Phi) is 3.40. The lowest BCUT2D eigenvalue weighted by atomic mass is 10.3. The summed E-state index contributed by atoms with van der Waals surface area (Å²) >= 11 is 5.79. The molecule has 0 spiro atoms. The molecule has 0 unspecified atom stereocenters. The van der Waals surface area contributed by atoms with Crippen LogP contribution in [0.4, 0.5) is 5.69 Å². The maximum absolute atomic E-state index is 12.0. The molecule has 18 heavy (non-hydrogen) atoms. The van der Waals surface area contributed by atoms with Crippen molar-refractivity contribution in [3.05, 3.63) is 47.7 Å². The van der Waals surface area contributed by atoms with Crippen LogP contribution in [0.25, 0.3) is 0 Å². The molecule has 0 atom stereocenters. The molecule has 0 saturated carbocycles. The highest BCUT2D eigenvalue weighted by atomic mass is 35.5. The number of para-hydroxylation sites is 2. The molecule has 0 aliphatic heterocycles. The van der Waals surface area contributed by atoms with Crippen molar-refractivity contribution in [2.24, 2.45) is 0 Å². The van der Waals surface area contributed by atoms with Gasteiger partial charge in [-0.2, -0.15) is 0 Å². The number of nitrogens with one attached hydrogen (secondary N) is 1. The third-order valence-electron chi connectivity index (χ3n) is 2.17. The van der Waals surface area contributed by atoms with Crippen molar-refractivity contribution in [1.29, 1.82) is 0 Å². The zero-order valence-corrected chi connectivity index (χ0v) is 10.6. The van der Waals surface area contributed by atoms with Crippen molar-refractivity contribution in [2.75, 3.05) is 4.72 Å². The Balaban J connectivity index is 2.40. The summed E-state index contributed by atoms with van der Waals surface area (Å²) in [6.07, 6.45) is 2.53. The van der Waals surface area contributed by atoms with Gasteiger partial charge in [0.2, 0.25) is 0 Å². The summed E-state index contributed by atoms with van der Waals surface area (Å²) in [4.78, 5) is 3.57. The average molecular weight is 285 g/mol. The molecule has 2 aromatic rings. The van der Waals surface area contributed by atoms with E-state index in [4.69, 9.17) is 11.6 Å². The number of pyridine rings is 1. The molecule has 0 bridgehead atoms. The van der Waals surface area contributed by atoms with Crippen LogP contribution in [-0.2, 0) is 10.0 Å². The molecular weight excluding hydrogens is 276 g/mol.